The van der Waals surface area contributed by atoms with Crippen molar-refractivity contribution in [3.05, 3.63) is 48.9 Å². The van der Waals surface area contributed by atoms with Gasteiger partial charge in [0.25, 0.3) is 0 Å². The minimum Gasteiger partial charge on any atom is -0.352 e. The molecule has 3 heterocycles. The van der Waals surface area contributed by atoms with Crippen molar-refractivity contribution >= 4 is 16.8 Å². The number of carbonyl (C=O) groups is 1. The van der Waals surface area contributed by atoms with Crippen molar-refractivity contribution in [1.82, 2.24) is 19.9 Å². The molecule has 1 amide bonds. The van der Waals surface area contributed by atoms with Gasteiger partial charge in [-0.05, 0) is 18.6 Å². The van der Waals surface area contributed by atoms with Gasteiger partial charge in [-0.15, -0.1) is 0 Å². The Hall–Kier alpha value is -2.69. The predicted molar refractivity (Wildman–Crippen MR) is 84.1 cm³/mol. The molecule has 110 valence electrons. The molecule has 1 aliphatic rings. The van der Waals surface area contributed by atoms with Crippen molar-refractivity contribution in [1.29, 1.82) is 0 Å². The highest BCUT2D eigenvalue weighted by atomic mass is 16.1. The number of carbonyl (C=O) groups excluding carboxylic acids is 1. The molecule has 0 aliphatic carbocycles. The molecule has 1 saturated heterocycles. The number of imidazole rings is 1. The van der Waals surface area contributed by atoms with E-state index in [9.17, 15) is 4.79 Å². The van der Waals surface area contributed by atoms with Gasteiger partial charge in [-0.2, -0.15) is 0 Å². The summed E-state index contributed by atoms with van der Waals surface area (Å²) in [6, 6.07) is 10.2. The van der Waals surface area contributed by atoms with E-state index in [1.807, 2.05) is 36.7 Å². The van der Waals surface area contributed by atoms with Crippen LogP contribution in [0, 0.1) is 0 Å². The normalized spacial score (nSPS) is 17.8. The van der Waals surface area contributed by atoms with E-state index in [1.165, 1.54) is 0 Å². The van der Waals surface area contributed by atoms with Crippen molar-refractivity contribution in [2.75, 3.05) is 0 Å². The molecule has 22 heavy (non-hydrogen) atoms. The number of nitrogens with zero attached hydrogens (tertiary/aromatic N) is 3. The van der Waals surface area contributed by atoms with Gasteiger partial charge in [-0.25, -0.2) is 4.98 Å². The van der Waals surface area contributed by atoms with E-state index in [1.54, 1.807) is 6.20 Å². The number of hydrogen-bond acceptors (Lipinski definition) is 3. The molecule has 1 N–H and O–H groups in total. The van der Waals surface area contributed by atoms with E-state index >= 15 is 0 Å². The first-order chi connectivity index (χ1) is 10.8. The topological polar surface area (TPSA) is 59.8 Å². The SMILES string of the molecule is O=C1CCC(Cn2ccnc2-c2ccnc3ccccc23)N1. The van der Waals surface area contributed by atoms with E-state index in [-0.39, 0.29) is 11.9 Å². The van der Waals surface area contributed by atoms with Crippen LogP contribution in [0.4, 0.5) is 0 Å². The van der Waals surface area contributed by atoms with E-state index in [0.717, 1.165) is 35.3 Å². The third-order valence-electron chi connectivity index (χ3n) is 4.11. The fourth-order valence-corrected chi connectivity index (χ4v) is 3.04. The highest BCUT2D eigenvalue weighted by molar-refractivity contribution is 5.92. The molecule has 0 spiro atoms. The summed E-state index contributed by atoms with van der Waals surface area (Å²) in [5, 5.41) is 4.10. The van der Waals surface area contributed by atoms with Crippen molar-refractivity contribution in [2.45, 2.75) is 25.4 Å². The lowest BCUT2D eigenvalue weighted by atomic mass is 10.1. The van der Waals surface area contributed by atoms with Gasteiger partial charge in [0.05, 0.1) is 5.52 Å². The number of hydrogen-bond donors (Lipinski definition) is 1. The zero-order chi connectivity index (χ0) is 14.9. The zero-order valence-electron chi connectivity index (χ0n) is 12.1. The van der Waals surface area contributed by atoms with Gasteiger partial charge < -0.3 is 9.88 Å². The van der Waals surface area contributed by atoms with Gasteiger partial charge in [0.1, 0.15) is 5.82 Å². The Bertz CT molecular complexity index is 834. The Kier molecular flexibility index (Phi) is 3.11. The Balaban J connectivity index is 1.73. The van der Waals surface area contributed by atoms with Gasteiger partial charge in [-0.3, -0.25) is 9.78 Å². The molecule has 5 nitrogen and oxygen atoms in total. The second-order valence-corrected chi connectivity index (χ2v) is 5.58. The maximum atomic E-state index is 11.4. The molecule has 0 bridgehead atoms. The summed E-state index contributed by atoms with van der Waals surface area (Å²) in [7, 11) is 0. The molecule has 5 heteroatoms. The van der Waals surface area contributed by atoms with Crippen LogP contribution in [0.1, 0.15) is 12.8 Å². The van der Waals surface area contributed by atoms with Crippen molar-refractivity contribution in [2.24, 2.45) is 0 Å². The molecule has 2 aromatic heterocycles. The van der Waals surface area contributed by atoms with Crippen LogP contribution in [-0.2, 0) is 11.3 Å². The van der Waals surface area contributed by atoms with Crippen LogP contribution >= 0.6 is 0 Å². The van der Waals surface area contributed by atoms with Crippen LogP contribution in [-0.4, -0.2) is 26.5 Å². The lowest BCUT2D eigenvalue weighted by Gasteiger charge is -2.14. The highest BCUT2D eigenvalue weighted by Gasteiger charge is 2.22. The van der Waals surface area contributed by atoms with Crippen molar-refractivity contribution in [3.8, 4) is 11.4 Å². The minimum atomic E-state index is 0.140. The van der Waals surface area contributed by atoms with E-state index in [4.69, 9.17) is 0 Å². The lowest BCUT2D eigenvalue weighted by Crippen LogP contribution is -2.29. The Morgan fingerprint density at radius 2 is 2.09 bits per heavy atom. The third kappa shape index (κ3) is 2.24. The summed E-state index contributed by atoms with van der Waals surface area (Å²) < 4.78 is 2.11. The largest absolute Gasteiger partial charge is 0.352 e. The standard InChI is InChI=1S/C17H16N4O/c22-16-6-5-12(20-16)11-21-10-9-19-17(21)14-7-8-18-15-4-2-1-3-13(14)15/h1-4,7-10,12H,5-6,11H2,(H,20,22). The smallest absolute Gasteiger partial charge is 0.220 e. The molecule has 1 aliphatic heterocycles. The lowest BCUT2D eigenvalue weighted by molar-refractivity contribution is -0.119. The fraction of sp³-hybridized carbons (Fsp3) is 0.235. The zero-order valence-corrected chi connectivity index (χ0v) is 12.1. The third-order valence-corrected chi connectivity index (χ3v) is 4.11. The average molecular weight is 292 g/mol. The average Bonchev–Trinajstić information content (AvgIpc) is 3.16. The molecule has 1 aromatic carbocycles. The summed E-state index contributed by atoms with van der Waals surface area (Å²) in [5.41, 5.74) is 2.03. The number of para-hydroxylation sites is 1. The second kappa shape index (κ2) is 5.26. The summed E-state index contributed by atoms with van der Waals surface area (Å²) >= 11 is 0. The summed E-state index contributed by atoms with van der Waals surface area (Å²) in [6.07, 6.45) is 7.09. The van der Waals surface area contributed by atoms with Crippen LogP contribution in [0.15, 0.2) is 48.9 Å². The van der Waals surface area contributed by atoms with Gasteiger partial charge in [0, 0.05) is 48.5 Å². The molecule has 1 unspecified atom stereocenters. The number of pyridine rings is 1. The molecule has 0 saturated carbocycles. The summed E-state index contributed by atoms with van der Waals surface area (Å²) in [5.74, 6) is 1.06. The molecule has 1 fully saturated rings. The van der Waals surface area contributed by atoms with Gasteiger partial charge >= 0.3 is 0 Å². The fourth-order valence-electron chi connectivity index (χ4n) is 3.04. The second-order valence-electron chi connectivity index (χ2n) is 5.58. The number of rotatable bonds is 3. The monoisotopic (exact) mass is 292 g/mol. The predicted octanol–water partition coefficient (Wildman–Crippen LogP) is 2.38. The Morgan fingerprint density at radius 1 is 1.18 bits per heavy atom. The van der Waals surface area contributed by atoms with Crippen LogP contribution in [0.5, 0.6) is 0 Å². The van der Waals surface area contributed by atoms with Crippen LogP contribution < -0.4 is 5.32 Å². The number of aromatic nitrogens is 3. The number of fused-ring (bicyclic) bond motifs is 1. The first-order valence-electron chi connectivity index (χ1n) is 7.46. The van der Waals surface area contributed by atoms with Crippen molar-refractivity contribution < 1.29 is 4.79 Å². The molecule has 4 rings (SSSR count). The molecule has 3 aromatic rings. The first kappa shape index (κ1) is 13.0. The maximum absolute atomic E-state index is 11.4. The maximum Gasteiger partial charge on any atom is 0.220 e. The minimum absolute atomic E-state index is 0.140. The number of nitrogens with one attached hydrogen (secondary N) is 1. The van der Waals surface area contributed by atoms with Gasteiger partial charge in [-0.1, -0.05) is 18.2 Å². The molecular weight excluding hydrogens is 276 g/mol. The van der Waals surface area contributed by atoms with Crippen LogP contribution in [0.3, 0.4) is 0 Å². The molecule has 0 radical (unpaired) electrons. The van der Waals surface area contributed by atoms with Gasteiger partial charge in [0.15, 0.2) is 0 Å². The summed E-state index contributed by atoms with van der Waals surface area (Å²) in [6.45, 7) is 0.748. The Morgan fingerprint density at radius 3 is 2.95 bits per heavy atom. The molecule has 1 atom stereocenters. The quantitative estimate of drug-likeness (QED) is 0.806. The van der Waals surface area contributed by atoms with Crippen LogP contribution in [0.2, 0.25) is 0 Å². The Labute approximate surface area is 128 Å². The highest BCUT2D eigenvalue weighted by Crippen LogP contribution is 2.26. The number of benzene rings is 1. The number of amides is 1. The van der Waals surface area contributed by atoms with E-state index in [0.29, 0.717) is 6.42 Å². The van der Waals surface area contributed by atoms with Gasteiger partial charge in [0.2, 0.25) is 5.91 Å². The van der Waals surface area contributed by atoms with Crippen molar-refractivity contribution in [3.63, 3.8) is 0 Å². The van der Waals surface area contributed by atoms with E-state index < -0.39 is 0 Å². The first-order valence-corrected chi connectivity index (χ1v) is 7.46. The molecular formula is C17H16N4O. The van der Waals surface area contributed by atoms with E-state index in [2.05, 4.69) is 25.9 Å². The van der Waals surface area contributed by atoms with Crippen LogP contribution in [0.25, 0.3) is 22.3 Å². The summed E-state index contributed by atoms with van der Waals surface area (Å²) in [4.78, 5) is 20.3.